The van der Waals surface area contributed by atoms with E-state index in [4.69, 9.17) is 4.74 Å². The van der Waals surface area contributed by atoms with Crippen molar-refractivity contribution in [3.63, 3.8) is 0 Å². The van der Waals surface area contributed by atoms with E-state index in [2.05, 4.69) is 10.4 Å². The van der Waals surface area contributed by atoms with Gasteiger partial charge in [0.05, 0.1) is 17.6 Å². The van der Waals surface area contributed by atoms with Crippen LogP contribution in [0.4, 0.5) is 10.1 Å². The van der Waals surface area contributed by atoms with Gasteiger partial charge < -0.3 is 10.1 Å². The maximum Gasteiger partial charge on any atom is 0.320 e. The Morgan fingerprint density at radius 1 is 1.54 bits per heavy atom. The van der Waals surface area contributed by atoms with Crippen molar-refractivity contribution in [3.8, 4) is 5.75 Å². The van der Waals surface area contributed by atoms with Crippen molar-refractivity contribution < 1.29 is 18.8 Å². The fourth-order valence-electron chi connectivity index (χ4n) is 2.75. The highest BCUT2D eigenvalue weighted by atomic mass is 19.1. The lowest BCUT2D eigenvalue weighted by Crippen LogP contribution is -2.30. The molecule has 1 aromatic carbocycles. The summed E-state index contributed by atoms with van der Waals surface area (Å²) in [4.78, 5) is 22.9. The Balaban J connectivity index is 1.90. The first kappa shape index (κ1) is 15.9. The molecule has 0 unspecified atom stereocenters. The van der Waals surface area contributed by atoms with Crippen LogP contribution >= 0.6 is 0 Å². The molecule has 1 aromatic heterocycles. The van der Waals surface area contributed by atoms with Gasteiger partial charge in [-0.1, -0.05) is 6.07 Å². The van der Waals surface area contributed by atoms with Gasteiger partial charge in [-0.25, -0.2) is 4.39 Å². The summed E-state index contributed by atoms with van der Waals surface area (Å²) in [7, 11) is 1.46. The lowest BCUT2D eigenvalue weighted by Gasteiger charge is -2.18. The number of fused-ring (bicyclic) bond motifs is 1. The highest BCUT2D eigenvalue weighted by molar-refractivity contribution is 5.96. The van der Waals surface area contributed by atoms with Crippen LogP contribution in [0.2, 0.25) is 0 Å². The molecule has 2 aromatic rings. The molecule has 0 aliphatic carbocycles. The van der Waals surface area contributed by atoms with Gasteiger partial charge >= 0.3 is 5.69 Å². The van der Waals surface area contributed by atoms with Crippen LogP contribution in [-0.2, 0) is 7.05 Å². The van der Waals surface area contributed by atoms with E-state index in [0.29, 0.717) is 30.8 Å². The van der Waals surface area contributed by atoms with Crippen LogP contribution in [0, 0.1) is 15.9 Å². The topological polar surface area (TPSA) is 99.3 Å². The van der Waals surface area contributed by atoms with Crippen molar-refractivity contribution in [3.05, 3.63) is 51.6 Å². The van der Waals surface area contributed by atoms with Crippen molar-refractivity contribution in [1.29, 1.82) is 0 Å². The second kappa shape index (κ2) is 6.26. The molecule has 0 fully saturated rings. The van der Waals surface area contributed by atoms with Gasteiger partial charge in [-0.3, -0.25) is 19.6 Å². The number of nitrogens with one attached hydrogen (secondary N) is 1. The van der Waals surface area contributed by atoms with Crippen molar-refractivity contribution in [2.45, 2.75) is 18.9 Å². The SMILES string of the molecule is Cn1ncc([N+](=O)[O-])c1C(=O)N[C@H]1CCCOc2cc(F)ccc21. The highest BCUT2D eigenvalue weighted by Crippen LogP contribution is 2.32. The number of hydrogen-bond acceptors (Lipinski definition) is 5. The molecule has 24 heavy (non-hydrogen) atoms. The molecule has 0 saturated heterocycles. The van der Waals surface area contributed by atoms with Crippen LogP contribution in [0.25, 0.3) is 0 Å². The van der Waals surface area contributed by atoms with Gasteiger partial charge in [0.1, 0.15) is 17.8 Å². The van der Waals surface area contributed by atoms with Gasteiger partial charge in [-0.2, -0.15) is 5.10 Å². The van der Waals surface area contributed by atoms with Gasteiger partial charge in [-0.05, 0) is 18.9 Å². The third-order valence-electron chi connectivity index (χ3n) is 3.88. The van der Waals surface area contributed by atoms with Gasteiger partial charge in [0, 0.05) is 18.7 Å². The Morgan fingerprint density at radius 3 is 3.08 bits per heavy atom. The average molecular weight is 334 g/mol. The van der Waals surface area contributed by atoms with E-state index in [1.807, 2.05) is 0 Å². The fraction of sp³-hybridized carbons (Fsp3) is 0.333. The first-order chi connectivity index (χ1) is 11.5. The smallest absolute Gasteiger partial charge is 0.320 e. The molecule has 1 aliphatic rings. The Labute approximate surface area is 136 Å². The van der Waals surface area contributed by atoms with Crippen LogP contribution in [0.3, 0.4) is 0 Å². The second-order valence-corrected chi connectivity index (χ2v) is 5.46. The largest absolute Gasteiger partial charge is 0.493 e. The van der Waals surface area contributed by atoms with E-state index in [0.717, 1.165) is 10.9 Å². The summed E-state index contributed by atoms with van der Waals surface area (Å²) >= 11 is 0. The average Bonchev–Trinajstić information content (AvgIpc) is 2.82. The molecular weight excluding hydrogens is 319 g/mol. The molecule has 1 N–H and O–H groups in total. The number of ether oxygens (including phenoxy) is 1. The van der Waals surface area contributed by atoms with Crippen LogP contribution in [0.1, 0.15) is 34.9 Å². The van der Waals surface area contributed by atoms with Crippen molar-refractivity contribution >= 4 is 11.6 Å². The summed E-state index contributed by atoms with van der Waals surface area (Å²) in [6.45, 7) is 0.411. The number of benzene rings is 1. The molecule has 9 heteroatoms. The van der Waals surface area contributed by atoms with E-state index in [1.165, 1.54) is 19.2 Å². The normalized spacial score (nSPS) is 16.7. The van der Waals surface area contributed by atoms with Crippen LogP contribution in [0.5, 0.6) is 5.75 Å². The number of nitro groups is 1. The molecule has 8 nitrogen and oxygen atoms in total. The summed E-state index contributed by atoms with van der Waals surface area (Å²) in [5.41, 5.74) is 0.153. The number of carbonyl (C=O) groups is 1. The Bertz CT molecular complexity index is 805. The maximum absolute atomic E-state index is 13.4. The molecular formula is C15H15FN4O4. The molecule has 126 valence electrons. The van der Waals surface area contributed by atoms with Crippen molar-refractivity contribution in [1.82, 2.24) is 15.1 Å². The first-order valence-corrected chi connectivity index (χ1v) is 7.37. The van der Waals surface area contributed by atoms with E-state index < -0.39 is 22.7 Å². The molecule has 1 aliphatic heterocycles. The predicted molar refractivity (Wildman–Crippen MR) is 81.2 cm³/mol. The van der Waals surface area contributed by atoms with E-state index in [1.54, 1.807) is 6.07 Å². The minimum absolute atomic E-state index is 0.131. The Kier molecular flexibility index (Phi) is 4.15. The fourth-order valence-corrected chi connectivity index (χ4v) is 2.75. The Hall–Kier alpha value is -2.97. The molecule has 1 amide bonds. The molecule has 3 rings (SSSR count). The summed E-state index contributed by atoms with van der Waals surface area (Å²) in [5, 5.41) is 17.6. The summed E-state index contributed by atoms with van der Waals surface area (Å²) in [6, 6.07) is 3.69. The zero-order valence-electron chi connectivity index (χ0n) is 12.9. The minimum atomic E-state index is -0.651. The van der Waals surface area contributed by atoms with Gasteiger partial charge in [0.25, 0.3) is 5.91 Å². The summed E-state index contributed by atoms with van der Waals surface area (Å²) < 4.78 is 20.0. The monoisotopic (exact) mass is 334 g/mol. The van der Waals surface area contributed by atoms with E-state index in [9.17, 15) is 19.3 Å². The second-order valence-electron chi connectivity index (χ2n) is 5.46. The molecule has 0 spiro atoms. The maximum atomic E-state index is 13.4. The highest BCUT2D eigenvalue weighted by Gasteiger charge is 2.29. The molecule has 0 radical (unpaired) electrons. The van der Waals surface area contributed by atoms with Gasteiger partial charge in [0.2, 0.25) is 5.69 Å². The summed E-state index contributed by atoms with van der Waals surface area (Å²) in [6.07, 6.45) is 2.28. The molecule has 0 saturated carbocycles. The number of amides is 1. The summed E-state index contributed by atoms with van der Waals surface area (Å²) in [5.74, 6) is -0.663. The number of aryl methyl sites for hydroxylation is 1. The third kappa shape index (κ3) is 2.92. The number of halogens is 1. The number of nitrogens with zero attached hydrogens (tertiary/aromatic N) is 3. The van der Waals surface area contributed by atoms with Gasteiger partial charge in [-0.15, -0.1) is 0 Å². The van der Waals surface area contributed by atoms with E-state index >= 15 is 0 Å². The number of hydrogen-bond donors (Lipinski definition) is 1. The zero-order valence-corrected chi connectivity index (χ0v) is 12.9. The van der Waals surface area contributed by atoms with Crippen molar-refractivity contribution in [2.24, 2.45) is 7.05 Å². The molecule has 1 atom stereocenters. The van der Waals surface area contributed by atoms with Crippen LogP contribution < -0.4 is 10.1 Å². The third-order valence-corrected chi connectivity index (χ3v) is 3.88. The lowest BCUT2D eigenvalue weighted by atomic mass is 10.0. The van der Waals surface area contributed by atoms with Crippen molar-refractivity contribution in [2.75, 3.05) is 6.61 Å². The quantitative estimate of drug-likeness (QED) is 0.684. The van der Waals surface area contributed by atoms with E-state index in [-0.39, 0.29) is 11.4 Å². The predicted octanol–water partition coefficient (Wildman–Crippen LogP) is 2.11. The van der Waals surface area contributed by atoms with Gasteiger partial charge in [0.15, 0.2) is 0 Å². The van der Waals surface area contributed by atoms with Crippen LogP contribution in [-0.4, -0.2) is 27.2 Å². The molecule has 0 bridgehead atoms. The number of aromatic nitrogens is 2. The lowest BCUT2D eigenvalue weighted by molar-refractivity contribution is -0.385. The zero-order chi connectivity index (χ0) is 17.3. The molecule has 2 heterocycles. The number of carbonyl (C=O) groups excluding carboxylic acids is 1. The number of rotatable bonds is 3. The Morgan fingerprint density at radius 2 is 2.33 bits per heavy atom. The minimum Gasteiger partial charge on any atom is -0.493 e. The standard InChI is InChI=1S/C15H15FN4O4/c1-19-14(12(8-17-19)20(22)23)15(21)18-11-3-2-6-24-13-7-9(16)4-5-10(11)13/h4-5,7-8,11H,2-3,6H2,1H3,(H,18,21)/t11-/m0/s1. The first-order valence-electron chi connectivity index (χ1n) is 7.37. The van der Waals surface area contributed by atoms with Crippen LogP contribution in [0.15, 0.2) is 24.4 Å².